The minimum atomic E-state index is 0.525. The van der Waals surface area contributed by atoms with Crippen LogP contribution in [-0.2, 0) is 0 Å². The summed E-state index contributed by atoms with van der Waals surface area (Å²) >= 11 is 0. The van der Waals surface area contributed by atoms with Crippen LogP contribution in [0, 0.1) is 6.92 Å². The molecule has 2 heterocycles. The zero-order chi connectivity index (χ0) is 16.5. The van der Waals surface area contributed by atoms with Gasteiger partial charge < -0.3 is 4.98 Å². The lowest BCUT2D eigenvalue weighted by molar-refractivity contribution is 0.490. The minimum Gasteiger partial charge on any atom is -0.327 e. The van der Waals surface area contributed by atoms with Gasteiger partial charge in [0, 0.05) is 5.92 Å². The van der Waals surface area contributed by atoms with E-state index in [9.17, 15) is 0 Å². The summed E-state index contributed by atoms with van der Waals surface area (Å²) in [5.41, 5.74) is 3.04. The summed E-state index contributed by atoms with van der Waals surface area (Å²) in [5.74, 6) is 1.45. The van der Waals surface area contributed by atoms with Gasteiger partial charge in [0.1, 0.15) is 17.7 Å². The van der Waals surface area contributed by atoms with Gasteiger partial charge in [0.15, 0.2) is 5.65 Å². The summed E-state index contributed by atoms with van der Waals surface area (Å²) in [5, 5.41) is 0. The van der Waals surface area contributed by atoms with E-state index >= 15 is 0 Å². The van der Waals surface area contributed by atoms with E-state index in [4.69, 9.17) is 0 Å². The van der Waals surface area contributed by atoms with Crippen molar-refractivity contribution >= 4 is 11.2 Å². The summed E-state index contributed by atoms with van der Waals surface area (Å²) in [4.78, 5) is 16.8. The first-order valence-corrected chi connectivity index (χ1v) is 9.43. The van der Waals surface area contributed by atoms with E-state index in [2.05, 4.69) is 33.8 Å². The Morgan fingerprint density at radius 1 is 0.913 bits per heavy atom. The van der Waals surface area contributed by atoms with Gasteiger partial charge in [-0.3, -0.25) is 0 Å². The maximum Gasteiger partial charge on any atom is 0.161 e. The molecule has 0 spiro atoms. The van der Waals surface area contributed by atoms with Crippen molar-refractivity contribution in [3.63, 3.8) is 0 Å². The van der Waals surface area contributed by atoms with Crippen LogP contribution in [-0.4, -0.2) is 19.9 Å². The molecule has 4 nitrogen and oxygen atoms in total. The highest BCUT2D eigenvalue weighted by molar-refractivity contribution is 5.73. The molecule has 0 aromatic carbocycles. The number of fused-ring (bicyclic) bond motifs is 1. The van der Waals surface area contributed by atoms with E-state index in [1.165, 1.54) is 64.2 Å². The topological polar surface area (TPSA) is 54.5 Å². The van der Waals surface area contributed by atoms with E-state index in [1.54, 1.807) is 6.33 Å². The predicted molar refractivity (Wildman–Crippen MR) is 96.7 cm³/mol. The summed E-state index contributed by atoms with van der Waals surface area (Å²) in [6, 6.07) is 0. The van der Waals surface area contributed by atoms with Crippen LogP contribution in [0.1, 0.15) is 95.5 Å². The Bertz CT molecular complexity index is 564. The maximum absolute atomic E-state index is 4.64. The number of unbranched alkanes of at least 4 members (excludes halogenated alkanes) is 6. The molecule has 2 aromatic rings. The molecular formula is C19H32N4. The zero-order valence-corrected chi connectivity index (χ0v) is 15.1. The van der Waals surface area contributed by atoms with Crippen molar-refractivity contribution in [3.05, 3.63) is 17.8 Å². The number of nitrogens with zero attached hydrogens (tertiary/aromatic N) is 3. The van der Waals surface area contributed by atoms with Crippen LogP contribution in [0.2, 0.25) is 0 Å². The minimum absolute atomic E-state index is 0.525. The van der Waals surface area contributed by atoms with Gasteiger partial charge in [0.25, 0.3) is 0 Å². The molecule has 0 amide bonds. The highest BCUT2D eigenvalue weighted by Gasteiger charge is 2.18. The van der Waals surface area contributed by atoms with Crippen LogP contribution in [0.15, 0.2) is 6.33 Å². The lowest BCUT2D eigenvalue weighted by atomic mass is 9.91. The number of hydrogen-bond donors (Lipinski definition) is 1. The second kappa shape index (κ2) is 9.64. The van der Waals surface area contributed by atoms with E-state index < -0.39 is 0 Å². The number of aromatic amines is 1. The maximum atomic E-state index is 4.64. The fraction of sp³-hybridized carbons (Fsp3) is 0.737. The van der Waals surface area contributed by atoms with Crippen LogP contribution in [0.5, 0.6) is 0 Å². The van der Waals surface area contributed by atoms with Gasteiger partial charge in [0.05, 0.1) is 5.69 Å². The lowest BCUT2D eigenvalue weighted by Gasteiger charge is -2.16. The van der Waals surface area contributed by atoms with Gasteiger partial charge in [-0.25, -0.2) is 15.0 Å². The van der Waals surface area contributed by atoms with Gasteiger partial charge in [-0.15, -0.1) is 0 Å². The summed E-state index contributed by atoms with van der Waals surface area (Å²) in [7, 11) is 0. The molecular weight excluding hydrogens is 284 g/mol. The van der Waals surface area contributed by atoms with Crippen molar-refractivity contribution in [2.75, 3.05) is 0 Å². The van der Waals surface area contributed by atoms with Gasteiger partial charge >= 0.3 is 0 Å². The van der Waals surface area contributed by atoms with E-state index in [-0.39, 0.29) is 0 Å². The third-order valence-electron chi connectivity index (χ3n) is 4.63. The normalized spacial score (nSPS) is 11.7. The first kappa shape index (κ1) is 17.9. The Hall–Kier alpha value is -1.45. The van der Waals surface area contributed by atoms with E-state index in [1.807, 2.05) is 6.92 Å². The molecule has 0 atom stereocenters. The molecule has 128 valence electrons. The molecule has 0 bridgehead atoms. The largest absolute Gasteiger partial charge is 0.327 e. The Balaban J connectivity index is 2.09. The number of aryl methyl sites for hydroxylation is 1. The number of H-pyrrole nitrogens is 1. The number of rotatable bonds is 11. The molecule has 0 aliphatic carbocycles. The van der Waals surface area contributed by atoms with Crippen LogP contribution in [0.25, 0.3) is 11.2 Å². The van der Waals surface area contributed by atoms with Gasteiger partial charge in [-0.1, -0.05) is 65.2 Å². The lowest BCUT2D eigenvalue weighted by Crippen LogP contribution is -2.04. The fourth-order valence-electron chi connectivity index (χ4n) is 3.31. The first-order chi connectivity index (χ1) is 11.3. The Kier molecular flexibility index (Phi) is 7.50. The molecule has 2 aromatic heterocycles. The molecule has 0 aliphatic heterocycles. The Morgan fingerprint density at radius 2 is 1.57 bits per heavy atom. The standard InChI is InChI=1S/C19H32N4/c1-4-6-8-10-12-16(13-11-9-7-5-2)17-18-19(21-14-20-17)23-15(3)22-18/h14,16H,4-13H2,1-3H3,(H,20,21,22,23). The Labute approximate surface area is 140 Å². The molecule has 0 saturated carbocycles. The van der Waals surface area contributed by atoms with Crippen molar-refractivity contribution in [3.8, 4) is 0 Å². The van der Waals surface area contributed by atoms with Gasteiger partial charge in [0.2, 0.25) is 0 Å². The molecule has 0 fully saturated rings. The van der Waals surface area contributed by atoms with Crippen LogP contribution in [0.3, 0.4) is 0 Å². The first-order valence-electron chi connectivity index (χ1n) is 9.43. The third-order valence-corrected chi connectivity index (χ3v) is 4.63. The van der Waals surface area contributed by atoms with Crippen molar-refractivity contribution in [2.24, 2.45) is 0 Å². The average Bonchev–Trinajstić information content (AvgIpc) is 2.93. The molecule has 1 N–H and O–H groups in total. The SMILES string of the molecule is CCCCCCC(CCCCCC)c1ncnc2[nH]c(C)nc12. The van der Waals surface area contributed by atoms with Crippen LogP contribution >= 0.6 is 0 Å². The van der Waals surface area contributed by atoms with Crippen molar-refractivity contribution < 1.29 is 0 Å². The monoisotopic (exact) mass is 316 g/mol. The van der Waals surface area contributed by atoms with Crippen molar-refractivity contribution in [1.82, 2.24) is 19.9 Å². The zero-order valence-electron chi connectivity index (χ0n) is 15.1. The second-order valence-electron chi connectivity index (χ2n) is 6.67. The van der Waals surface area contributed by atoms with Gasteiger partial charge in [-0.2, -0.15) is 0 Å². The fourth-order valence-corrected chi connectivity index (χ4v) is 3.31. The quantitative estimate of drug-likeness (QED) is 0.542. The summed E-state index contributed by atoms with van der Waals surface area (Å²) in [6.45, 7) is 6.52. The highest BCUT2D eigenvalue weighted by atomic mass is 15.0. The number of aromatic nitrogens is 4. The third kappa shape index (κ3) is 5.29. The highest BCUT2D eigenvalue weighted by Crippen LogP contribution is 2.30. The molecule has 0 unspecified atom stereocenters. The van der Waals surface area contributed by atoms with Crippen LogP contribution in [0.4, 0.5) is 0 Å². The average molecular weight is 316 g/mol. The second-order valence-corrected chi connectivity index (χ2v) is 6.67. The molecule has 4 heteroatoms. The number of imidazole rings is 1. The molecule has 2 rings (SSSR count). The Morgan fingerprint density at radius 3 is 2.17 bits per heavy atom. The van der Waals surface area contributed by atoms with Gasteiger partial charge in [-0.05, 0) is 19.8 Å². The summed E-state index contributed by atoms with van der Waals surface area (Å²) in [6.07, 6.45) is 14.6. The number of nitrogens with one attached hydrogen (secondary N) is 1. The molecule has 0 saturated heterocycles. The van der Waals surface area contributed by atoms with Crippen molar-refractivity contribution in [2.45, 2.75) is 90.9 Å². The summed E-state index contributed by atoms with van der Waals surface area (Å²) < 4.78 is 0. The molecule has 0 aliphatic rings. The molecule has 23 heavy (non-hydrogen) atoms. The molecule has 0 radical (unpaired) electrons. The van der Waals surface area contributed by atoms with Crippen molar-refractivity contribution in [1.29, 1.82) is 0 Å². The van der Waals surface area contributed by atoms with E-state index in [0.29, 0.717) is 5.92 Å². The predicted octanol–water partition coefficient (Wildman–Crippen LogP) is 5.69. The van der Waals surface area contributed by atoms with Crippen LogP contribution < -0.4 is 0 Å². The number of hydrogen-bond acceptors (Lipinski definition) is 3. The smallest absolute Gasteiger partial charge is 0.161 e. The van der Waals surface area contributed by atoms with E-state index in [0.717, 1.165) is 22.7 Å².